The van der Waals surface area contributed by atoms with Gasteiger partial charge in [-0.3, -0.25) is 0 Å². The monoisotopic (exact) mass is 200 g/mol. The van der Waals surface area contributed by atoms with Crippen LogP contribution in [-0.4, -0.2) is 25.3 Å². The van der Waals surface area contributed by atoms with E-state index in [1.54, 1.807) is 24.3 Å². The maximum absolute atomic E-state index is 9.14. The molecule has 0 aliphatic rings. The van der Waals surface area contributed by atoms with Gasteiger partial charge in [0.2, 0.25) is 0 Å². The van der Waals surface area contributed by atoms with Gasteiger partial charge in [0.1, 0.15) is 12.3 Å². The molecule has 5 heteroatoms. The number of benzene rings is 1. The number of phenolic OH excluding ortho intramolecular Hbond substituents is 1. The second-order valence-corrected chi connectivity index (χ2v) is 2.91. The Morgan fingerprint density at radius 2 is 2.07 bits per heavy atom. The smallest absolute Gasteiger partial charge is 0.182 e. The van der Waals surface area contributed by atoms with Gasteiger partial charge in [-0.15, -0.1) is 11.5 Å². The van der Waals surface area contributed by atoms with Crippen molar-refractivity contribution < 1.29 is 5.11 Å². The molecular formula is C10H8N4O. The molecule has 15 heavy (non-hydrogen) atoms. The van der Waals surface area contributed by atoms with Gasteiger partial charge in [-0.25, -0.2) is 4.68 Å². The second-order valence-electron chi connectivity index (χ2n) is 2.91. The molecule has 0 unspecified atom stereocenters. The van der Waals surface area contributed by atoms with E-state index in [2.05, 4.69) is 21.4 Å². The first-order valence-corrected chi connectivity index (χ1v) is 4.30. The molecule has 2 rings (SSSR count). The summed E-state index contributed by atoms with van der Waals surface area (Å²) in [4.78, 5) is 0. The molecule has 5 nitrogen and oxygen atoms in total. The van der Waals surface area contributed by atoms with Crippen LogP contribution in [0.2, 0.25) is 0 Å². The van der Waals surface area contributed by atoms with E-state index < -0.39 is 0 Å². The SMILES string of the molecule is C#CCn1nnnc1-c1ccc(O)cc1. The summed E-state index contributed by atoms with van der Waals surface area (Å²) in [7, 11) is 0. The van der Waals surface area contributed by atoms with E-state index in [0.717, 1.165) is 5.56 Å². The molecule has 1 aromatic carbocycles. The first-order chi connectivity index (χ1) is 7.31. The van der Waals surface area contributed by atoms with Crippen LogP contribution in [-0.2, 0) is 6.54 Å². The highest BCUT2D eigenvalue weighted by Crippen LogP contribution is 2.18. The molecule has 0 spiro atoms. The molecule has 0 saturated heterocycles. The topological polar surface area (TPSA) is 63.8 Å². The van der Waals surface area contributed by atoms with E-state index in [-0.39, 0.29) is 5.75 Å². The summed E-state index contributed by atoms with van der Waals surface area (Å²) in [6.07, 6.45) is 5.18. The summed E-state index contributed by atoms with van der Waals surface area (Å²) < 4.78 is 1.52. The number of aromatic hydroxyl groups is 1. The van der Waals surface area contributed by atoms with Gasteiger partial charge in [-0.05, 0) is 34.7 Å². The van der Waals surface area contributed by atoms with Crippen LogP contribution in [0.5, 0.6) is 5.75 Å². The molecule has 74 valence electrons. The number of rotatable bonds is 2. The Kier molecular flexibility index (Phi) is 2.33. The quantitative estimate of drug-likeness (QED) is 0.724. The molecule has 0 aliphatic carbocycles. The summed E-state index contributed by atoms with van der Waals surface area (Å²) in [6.45, 7) is 0.323. The van der Waals surface area contributed by atoms with Crippen molar-refractivity contribution in [3.63, 3.8) is 0 Å². The van der Waals surface area contributed by atoms with Crippen LogP contribution >= 0.6 is 0 Å². The van der Waals surface area contributed by atoms with Crippen LogP contribution in [0, 0.1) is 12.3 Å². The fraction of sp³-hybridized carbons (Fsp3) is 0.100. The predicted octanol–water partition coefficient (Wildman–Crippen LogP) is 0.679. The van der Waals surface area contributed by atoms with E-state index >= 15 is 0 Å². The van der Waals surface area contributed by atoms with E-state index in [1.165, 1.54) is 4.68 Å². The number of phenols is 1. The number of hydrogen-bond acceptors (Lipinski definition) is 4. The van der Waals surface area contributed by atoms with Gasteiger partial charge in [0.25, 0.3) is 0 Å². The van der Waals surface area contributed by atoms with Crippen molar-refractivity contribution in [3.05, 3.63) is 24.3 Å². The second kappa shape index (κ2) is 3.80. The predicted molar refractivity (Wildman–Crippen MR) is 53.8 cm³/mol. The molecule has 0 radical (unpaired) electrons. The summed E-state index contributed by atoms with van der Waals surface area (Å²) in [5.41, 5.74) is 0.813. The largest absolute Gasteiger partial charge is 0.508 e. The van der Waals surface area contributed by atoms with Gasteiger partial charge in [0, 0.05) is 5.56 Å². The lowest BCUT2D eigenvalue weighted by molar-refractivity contribution is 0.475. The highest BCUT2D eigenvalue weighted by Gasteiger charge is 2.07. The molecule has 0 atom stereocenters. The van der Waals surface area contributed by atoms with Gasteiger partial charge in [0.15, 0.2) is 5.82 Å². The van der Waals surface area contributed by atoms with Gasteiger partial charge in [0.05, 0.1) is 0 Å². The lowest BCUT2D eigenvalue weighted by Gasteiger charge is -2.00. The van der Waals surface area contributed by atoms with Crippen molar-refractivity contribution in [2.24, 2.45) is 0 Å². The van der Waals surface area contributed by atoms with Crippen molar-refractivity contribution in [1.29, 1.82) is 0 Å². The third-order valence-corrected chi connectivity index (χ3v) is 1.90. The Balaban J connectivity index is 2.41. The molecule has 0 fully saturated rings. The van der Waals surface area contributed by atoms with E-state index in [0.29, 0.717) is 12.4 Å². The molecule has 0 bridgehead atoms. The van der Waals surface area contributed by atoms with Crippen LogP contribution in [0.15, 0.2) is 24.3 Å². The van der Waals surface area contributed by atoms with Crippen molar-refractivity contribution in [2.75, 3.05) is 0 Å². The summed E-state index contributed by atoms with van der Waals surface area (Å²) >= 11 is 0. The maximum atomic E-state index is 9.14. The average molecular weight is 200 g/mol. The van der Waals surface area contributed by atoms with Crippen LogP contribution in [0.4, 0.5) is 0 Å². The number of nitrogens with zero attached hydrogens (tertiary/aromatic N) is 4. The summed E-state index contributed by atoms with van der Waals surface area (Å²) in [5.74, 6) is 3.26. The van der Waals surface area contributed by atoms with Gasteiger partial charge in [-0.2, -0.15) is 0 Å². The fourth-order valence-corrected chi connectivity index (χ4v) is 1.21. The zero-order valence-electron chi connectivity index (χ0n) is 7.83. The van der Waals surface area contributed by atoms with Gasteiger partial charge in [-0.1, -0.05) is 5.92 Å². The zero-order chi connectivity index (χ0) is 10.7. The molecule has 1 heterocycles. The van der Waals surface area contributed by atoms with Crippen LogP contribution < -0.4 is 0 Å². The fourth-order valence-electron chi connectivity index (χ4n) is 1.21. The average Bonchev–Trinajstić information content (AvgIpc) is 2.68. The number of tetrazole rings is 1. The lowest BCUT2D eigenvalue weighted by Crippen LogP contribution is -2.00. The van der Waals surface area contributed by atoms with Crippen LogP contribution in [0.25, 0.3) is 11.4 Å². The van der Waals surface area contributed by atoms with E-state index in [4.69, 9.17) is 11.5 Å². The van der Waals surface area contributed by atoms with Gasteiger partial charge < -0.3 is 5.11 Å². The Bertz CT molecular complexity index is 495. The minimum atomic E-state index is 0.203. The molecule has 0 saturated carbocycles. The summed E-state index contributed by atoms with van der Waals surface area (Å²) in [5, 5.41) is 20.3. The van der Waals surface area contributed by atoms with Gasteiger partial charge >= 0.3 is 0 Å². The Hall–Kier alpha value is -2.35. The van der Waals surface area contributed by atoms with E-state index in [1.807, 2.05) is 0 Å². The minimum absolute atomic E-state index is 0.203. The minimum Gasteiger partial charge on any atom is -0.508 e. The highest BCUT2D eigenvalue weighted by molar-refractivity contribution is 5.55. The van der Waals surface area contributed by atoms with Crippen molar-refractivity contribution >= 4 is 0 Å². The Labute approximate surface area is 86.4 Å². The molecule has 0 amide bonds. The normalized spacial score (nSPS) is 9.80. The maximum Gasteiger partial charge on any atom is 0.182 e. The third kappa shape index (κ3) is 1.79. The number of hydrogen-bond donors (Lipinski definition) is 1. The third-order valence-electron chi connectivity index (χ3n) is 1.90. The molecule has 2 aromatic rings. The van der Waals surface area contributed by atoms with Crippen molar-refractivity contribution in [2.45, 2.75) is 6.54 Å². The highest BCUT2D eigenvalue weighted by atomic mass is 16.3. The first kappa shape index (κ1) is 9.21. The molecular weight excluding hydrogens is 192 g/mol. The summed E-state index contributed by atoms with van der Waals surface area (Å²) in [6, 6.07) is 6.61. The first-order valence-electron chi connectivity index (χ1n) is 4.30. The standard InChI is InChI=1S/C10H8N4O/c1-2-7-14-10(11-12-13-14)8-3-5-9(15)6-4-8/h1,3-6,15H,7H2. The number of aromatic nitrogens is 4. The van der Waals surface area contributed by atoms with Crippen molar-refractivity contribution in [3.8, 4) is 29.5 Å². The number of terminal acetylenes is 1. The molecule has 0 aliphatic heterocycles. The van der Waals surface area contributed by atoms with E-state index in [9.17, 15) is 0 Å². The molecule has 1 N–H and O–H groups in total. The van der Waals surface area contributed by atoms with Crippen LogP contribution in [0.3, 0.4) is 0 Å². The zero-order valence-corrected chi connectivity index (χ0v) is 7.83. The van der Waals surface area contributed by atoms with Crippen LogP contribution in [0.1, 0.15) is 0 Å². The Morgan fingerprint density at radius 3 is 2.73 bits per heavy atom. The molecule has 1 aromatic heterocycles. The Morgan fingerprint density at radius 1 is 1.33 bits per heavy atom. The lowest BCUT2D eigenvalue weighted by atomic mass is 10.2. The van der Waals surface area contributed by atoms with Crippen molar-refractivity contribution in [1.82, 2.24) is 20.2 Å².